The standard InChI is InChI=1S/C26H23N3/c1-27(2)26-15-19-12-23-17(14-25(19)29(26)4)6-8-20-21(23)7-5-16-13-24-18(11-22(16)20)9-10-28(24)3/h5-15H,1-4H3. The van der Waals surface area contributed by atoms with Crippen molar-refractivity contribution in [1.29, 1.82) is 0 Å². The van der Waals surface area contributed by atoms with Gasteiger partial charge in [0.15, 0.2) is 0 Å². The first kappa shape index (κ1) is 16.5. The Hall–Kier alpha value is -3.46. The Morgan fingerprint density at radius 3 is 1.86 bits per heavy atom. The minimum Gasteiger partial charge on any atom is -0.364 e. The van der Waals surface area contributed by atoms with Crippen molar-refractivity contribution in [2.45, 2.75) is 0 Å². The molecule has 0 aliphatic carbocycles. The summed E-state index contributed by atoms with van der Waals surface area (Å²) in [4.78, 5) is 2.17. The summed E-state index contributed by atoms with van der Waals surface area (Å²) >= 11 is 0. The van der Waals surface area contributed by atoms with Crippen LogP contribution in [-0.2, 0) is 14.1 Å². The first-order valence-electron chi connectivity index (χ1n) is 10.0. The molecule has 2 aromatic heterocycles. The van der Waals surface area contributed by atoms with Crippen molar-refractivity contribution < 1.29 is 0 Å². The maximum atomic E-state index is 2.35. The Morgan fingerprint density at radius 1 is 0.586 bits per heavy atom. The monoisotopic (exact) mass is 377 g/mol. The van der Waals surface area contributed by atoms with Crippen molar-refractivity contribution >= 4 is 59.9 Å². The molecule has 4 aromatic carbocycles. The summed E-state index contributed by atoms with van der Waals surface area (Å²) in [6.07, 6.45) is 2.13. The molecule has 29 heavy (non-hydrogen) atoms. The maximum absolute atomic E-state index is 2.35. The minimum atomic E-state index is 1.22. The largest absolute Gasteiger partial charge is 0.364 e. The van der Waals surface area contributed by atoms with Crippen LogP contribution in [0.1, 0.15) is 0 Å². The van der Waals surface area contributed by atoms with Crippen LogP contribution < -0.4 is 4.90 Å². The highest BCUT2D eigenvalue weighted by Gasteiger charge is 2.12. The molecular formula is C26H23N3. The maximum Gasteiger partial charge on any atom is 0.108 e. The predicted octanol–water partition coefficient (Wildman–Crippen LogP) is 6.20. The highest BCUT2D eigenvalue weighted by Crippen LogP contribution is 2.36. The average molecular weight is 377 g/mol. The van der Waals surface area contributed by atoms with Gasteiger partial charge in [0.1, 0.15) is 5.82 Å². The zero-order valence-electron chi connectivity index (χ0n) is 17.2. The van der Waals surface area contributed by atoms with E-state index in [1.807, 2.05) is 0 Å². The molecule has 0 atom stereocenters. The number of aromatic nitrogens is 2. The fourth-order valence-electron chi connectivity index (χ4n) is 4.89. The van der Waals surface area contributed by atoms with Crippen LogP contribution in [0, 0.1) is 0 Å². The van der Waals surface area contributed by atoms with E-state index in [0.717, 1.165) is 0 Å². The second kappa shape index (κ2) is 5.54. The number of hydrogen-bond acceptors (Lipinski definition) is 1. The van der Waals surface area contributed by atoms with E-state index in [4.69, 9.17) is 0 Å². The van der Waals surface area contributed by atoms with Crippen LogP contribution in [0.5, 0.6) is 0 Å². The van der Waals surface area contributed by atoms with E-state index in [2.05, 4.69) is 109 Å². The summed E-state index contributed by atoms with van der Waals surface area (Å²) in [5.74, 6) is 1.22. The van der Waals surface area contributed by atoms with E-state index in [1.165, 1.54) is 59.9 Å². The summed E-state index contributed by atoms with van der Waals surface area (Å²) in [5, 5.41) is 10.5. The van der Waals surface area contributed by atoms with Crippen LogP contribution in [0.3, 0.4) is 0 Å². The van der Waals surface area contributed by atoms with E-state index in [0.29, 0.717) is 0 Å². The molecular weight excluding hydrogens is 354 g/mol. The van der Waals surface area contributed by atoms with Gasteiger partial charge in [-0.3, -0.25) is 0 Å². The second-order valence-corrected chi connectivity index (χ2v) is 8.37. The molecule has 0 saturated carbocycles. The van der Waals surface area contributed by atoms with Crippen LogP contribution in [0.15, 0.2) is 66.9 Å². The van der Waals surface area contributed by atoms with Gasteiger partial charge in [0.25, 0.3) is 0 Å². The molecule has 3 heteroatoms. The Balaban J connectivity index is 1.73. The molecule has 6 rings (SSSR count). The van der Waals surface area contributed by atoms with Crippen molar-refractivity contribution in [3.8, 4) is 0 Å². The van der Waals surface area contributed by atoms with Gasteiger partial charge in [-0.2, -0.15) is 0 Å². The molecule has 3 nitrogen and oxygen atoms in total. The fraction of sp³-hybridized carbons (Fsp3) is 0.154. The number of aryl methyl sites for hydroxylation is 2. The molecule has 0 unspecified atom stereocenters. The van der Waals surface area contributed by atoms with Gasteiger partial charge in [-0.1, -0.05) is 24.3 Å². The van der Waals surface area contributed by atoms with Gasteiger partial charge >= 0.3 is 0 Å². The summed E-state index contributed by atoms with van der Waals surface area (Å²) in [5.41, 5.74) is 2.55. The zero-order chi connectivity index (χ0) is 19.9. The normalized spacial score (nSPS) is 12.1. The quantitative estimate of drug-likeness (QED) is 0.311. The molecule has 0 aliphatic rings. The zero-order valence-corrected chi connectivity index (χ0v) is 17.2. The molecule has 2 heterocycles. The van der Waals surface area contributed by atoms with E-state index >= 15 is 0 Å². The van der Waals surface area contributed by atoms with Crippen LogP contribution >= 0.6 is 0 Å². The van der Waals surface area contributed by atoms with Crippen molar-refractivity contribution in [1.82, 2.24) is 9.13 Å². The molecule has 0 amide bonds. The number of rotatable bonds is 1. The Labute approximate surface area is 169 Å². The fourth-order valence-corrected chi connectivity index (χ4v) is 4.89. The lowest BCUT2D eigenvalue weighted by molar-refractivity contribution is 0.916. The average Bonchev–Trinajstić information content (AvgIpc) is 3.24. The van der Waals surface area contributed by atoms with Crippen LogP contribution in [0.25, 0.3) is 54.1 Å². The van der Waals surface area contributed by atoms with Crippen LogP contribution in [0.4, 0.5) is 5.82 Å². The van der Waals surface area contributed by atoms with Crippen molar-refractivity contribution in [2.75, 3.05) is 19.0 Å². The molecule has 0 radical (unpaired) electrons. The van der Waals surface area contributed by atoms with Crippen molar-refractivity contribution in [3.63, 3.8) is 0 Å². The lowest BCUT2D eigenvalue weighted by Gasteiger charge is -2.13. The molecule has 0 bridgehead atoms. The summed E-state index contributed by atoms with van der Waals surface area (Å²) in [6, 6.07) is 22.9. The van der Waals surface area contributed by atoms with Gasteiger partial charge in [-0.05, 0) is 68.7 Å². The van der Waals surface area contributed by atoms with E-state index in [1.54, 1.807) is 0 Å². The molecule has 0 N–H and O–H groups in total. The summed E-state index contributed by atoms with van der Waals surface area (Å²) in [6.45, 7) is 0. The van der Waals surface area contributed by atoms with Crippen LogP contribution in [-0.4, -0.2) is 23.2 Å². The molecule has 6 aromatic rings. The van der Waals surface area contributed by atoms with Gasteiger partial charge in [-0.15, -0.1) is 0 Å². The first-order valence-corrected chi connectivity index (χ1v) is 10.0. The Bertz CT molecular complexity index is 1600. The third kappa shape index (κ3) is 2.18. The molecule has 0 saturated heterocycles. The van der Waals surface area contributed by atoms with Gasteiger partial charge in [0, 0.05) is 50.7 Å². The van der Waals surface area contributed by atoms with E-state index < -0.39 is 0 Å². The SMILES string of the molecule is CN(C)c1cc2cc3c(ccc4c5cc6ccn(C)c6cc5ccc34)cc2n1C. The molecule has 0 fully saturated rings. The smallest absolute Gasteiger partial charge is 0.108 e. The summed E-state index contributed by atoms with van der Waals surface area (Å²) < 4.78 is 4.46. The Kier molecular flexibility index (Phi) is 3.15. The third-order valence-electron chi connectivity index (χ3n) is 6.43. The van der Waals surface area contributed by atoms with Crippen molar-refractivity contribution in [3.05, 3.63) is 66.9 Å². The number of benzene rings is 4. The molecule has 0 aliphatic heterocycles. The highest BCUT2D eigenvalue weighted by atomic mass is 15.2. The third-order valence-corrected chi connectivity index (χ3v) is 6.43. The Morgan fingerprint density at radius 2 is 1.21 bits per heavy atom. The number of hydrogen-bond donors (Lipinski definition) is 0. The number of anilines is 1. The van der Waals surface area contributed by atoms with Gasteiger partial charge in [0.05, 0.1) is 5.52 Å². The first-order chi connectivity index (χ1) is 14.0. The van der Waals surface area contributed by atoms with Gasteiger partial charge < -0.3 is 14.0 Å². The topological polar surface area (TPSA) is 13.1 Å². The lowest BCUT2D eigenvalue weighted by atomic mass is 9.95. The number of fused-ring (bicyclic) bond motifs is 7. The van der Waals surface area contributed by atoms with E-state index in [-0.39, 0.29) is 0 Å². The van der Waals surface area contributed by atoms with Gasteiger partial charge in [-0.25, -0.2) is 0 Å². The molecule has 142 valence electrons. The lowest BCUT2D eigenvalue weighted by Crippen LogP contribution is -2.12. The van der Waals surface area contributed by atoms with Gasteiger partial charge in [0.2, 0.25) is 0 Å². The van der Waals surface area contributed by atoms with Crippen LogP contribution in [0.2, 0.25) is 0 Å². The molecule has 0 spiro atoms. The number of nitrogens with zero attached hydrogens (tertiary/aromatic N) is 3. The van der Waals surface area contributed by atoms with E-state index in [9.17, 15) is 0 Å². The summed E-state index contributed by atoms with van der Waals surface area (Å²) in [7, 11) is 8.44. The van der Waals surface area contributed by atoms with Crippen molar-refractivity contribution in [2.24, 2.45) is 14.1 Å². The highest BCUT2D eigenvalue weighted by molar-refractivity contribution is 6.20. The predicted molar refractivity (Wildman–Crippen MR) is 126 cm³/mol. The second-order valence-electron chi connectivity index (χ2n) is 8.37. The minimum absolute atomic E-state index is 1.22.